The first-order valence-electron chi connectivity index (χ1n) is 9.24. The molecule has 0 spiro atoms. The molecule has 0 radical (unpaired) electrons. The summed E-state index contributed by atoms with van der Waals surface area (Å²) in [6, 6.07) is 13.1. The molecular weight excluding hydrogens is 376 g/mol. The number of benzene rings is 2. The van der Waals surface area contributed by atoms with Crippen molar-refractivity contribution >= 4 is 21.6 Å². The highest BCUT2D eigenvalue weighted by molar-refractivity contribution is 7.92. The summed E-state index contributed by atoms with van der Waals surface area (Å²) in [6.45, 7) is 6.30. The number of anilines is 1. The third kappa shape index (κ3) is 6.27. The van der Waals surface area contributed by atoms with E-state index in [1.165, 1.54) is 0 Å². The molecule has 2 aromatic carbocycles. The number of carbonyl (C=O) groups is 1. The zero-order valence-corrected chi connectivity index (χ0v) is 17.7. The smallest absolute Gasteiger partial charge is 0.240 e. The van der Waals surface area contributed by atoms with Gasteiger partial charge in [0.05, 0.1) is 18.5 Å². The summed E-state index contributed by atoms with van der Waals surface area (Å²) >= 11 is 0. The summed E-state index contributed by atoms with van der Waals surface area (Å²) in [5, 5.41) is 2.71. The molecule has 2 aromatic rings. The van der Waals surface area contributed by atoms with Crippen molar-refractivity contribution in [3.8, 4) is 5.75 Å². The van der Waals surface area contributed by atoms with E-state index in [1.807, 2.05) is 51.1 Å². The Hall–Kier alpha value is -2.54. The summed E-state index contributed by atoms with van der Waals surface area (Å²) in [4.78, 5) is 12.3. The van der Waals surface area contributed by atoms with Crippen molar-refractivity contribution in [2.45, 2.75) is 27.2 Å². The fourth-order valence-corrected chi connectivity index (χ4v) is 3.55. The molecule has 0 bridgehead atoms. The molecule has 0 saturated heterocycles. The molecule has 0 aliphatic carbocycles. The monoisotopic (exact) mass is 404 g/mol. The van der Waals surface area contributed by atoms with Crippen LogP contribution in [0.25, 0.3) is 0 Å². The van der Waals surface area contributed by atoms with Gasteiger partial charge in [-0.2, -0.15) is 0 Å². The topological polar surface area (TPSA) is 75.7 Å². The van der Waals surface area contributed by atoms with Gasteiger partial charge < -0.3 is 10.1 Å². The number of nitrogens with one attached hydrogen (secondary N) is 1. The van der Waals surface area contributed by atoms with Gasteiger partial charge in [0, 0.05) is 0 Å². The van der Waals surface area contributed by atoms with E-state index in [9.17, 15) is 13.2 Å². The second-order valence-electron chi connectivity index (χ2n) is 6.76. The zero-order valence-electron chi connectivity index (χ0n) is 16.9. The highest BCUT2D eigenvalue weighted by Gasteiger charge is 2.20. The van der Waals surface area contributed by atoms with Crippen molar-refractivity contribution in [2.75, 3.05) is 30.3 Å². The lowest BCUT2D eigenvalue weighted by Crippen LogP contribution is -2.41. The van der Waals surface area contributed by atoms with E-state index in [0.29, 0.717) is 18.8 Å². The van der Waals surface area contributed by atoms with Crippen LogP contribution in [0.2, 0.25) is 0 Å². The van der Waals surface area contributed by atoms with E-state index in [0.717, 1.165) is 39.4 Å². The lowest BCUT2D eigenvalue weighted by Gasteiger charge is -2.22. The molecule has 0 unspecified atom stereocenters. The molecule has 28 heavy (non-hydrogen) atoms. The molecule has 0 saturated carbocycles. The Bertz CT molecular complexity index is 909. The van der Waals surface area contributed by atoms with Crippen molar-refractivity contribution in [3.63, 3.8) is 0 Å². The van der Waals surface area contributed by atoms with Crippen LogP contribution in [0.1, 0.15) is 23.6 Å². The standard InChI is InChI=1S/C21H28N2O4S/c1-5-18-8-10-19(11-9-18)23(28(4,25)26)15-21(24)22-12-13-27-20-14-16(2)6-7-17(20)3/h6-11,14H,5,12-13,15H2,1-4H3,(H,22,24). The molecule has 2 rings (SSSR count). The maximum Gasteiger partial charge on any atom is 0.240 e. The van der Waals surface area contributed by atoms with Gasteiger partial charge in [-0.15, -0.1) is 0 Å². The summed E-state index contributed by atoms with van der Waals surface area (Å²) in [6.07, 6.45) is 1.96. The molecule has 152 valence electrons. The zero-order chi connectivity index (χ0) is 20.7. The van der Waals surface area contributed by atoms with Crippen LogP contribution in [0, 0.1) is 13.8 Å². The Labute approximate surface area is 167 Å². The molecule has 7 heteroatoms. The highest BCUT2D eigenvalue weighted by atomic mass is 32.2. The van der Waals surface area contributed by atoms with Gasteiger partial charge in [0.15, 0.2) is 0 Å². The van der Waals surface area contributed by atoms with E-state index >= 15 is 0 Å². The Kier molecular flexibility index (Phi) is 7.45. The minimum atomic E-state index is -3.58. The largest absolute Gasteiger partial charge is 0.491 e. The third-order valence-electron chi connectivity index (χ3n) is 4.35. The van der Waals surface area contributed by atoms with Gasteiger partial charge in [0.25, 0.3) is 0 Å². The van der Waals surface area contributed by atoms with E-state index in [-0.39, 0.29) is 12.5 Å². The minimum Gasteiger partial charge on any atom is -0.491 e. The van der Waals surface area contributed by atoms with Crippen LogP contribution in [0.15, 0.2) is 42.5 Å². The molecule has 0 heterocycles. The molecule has 0 fully saturated rings. The van der Waals surface area contributed by atoms with Crippen LogP contribution in [0.4, 0.5) is 5.69 Å². The molecule has 0 aliphatic heterocycles. The fraction of sp³-hybridized carbons (Fsp3) is 0.381. The van der Waals surface area contributed by atoms with Crippen molar-refractivity contribution < 1.29 is 17.9 Å². The van der Waals surface area contributed by atoms with Gasteiger partial charge in [-0.1, -0.05) is 31.2 Å². The predicted octanol–water partition coefficient (Wildman–Crippen LogP) is 2.83. The number of nitrogens with zero attached hydrogens (tertiary/aromatic N) is 1. The van der Waals surface area contributed by atoms with Crippen LogP contribution < -0.4 is 14.4 Å². The molecule has 1 N–H and O–H groups in total. The number of carbonyl (C=O) groups excluding carboxylic acids is 1. The summed E-state index contributed by atoms with van der Waals surface area (Å²) in [7, 11) is -3.58. The molecule has 1 amide bonds. The van der Waals surface area contributed by atoms with Gasteiger partial charge in [0.2, 0.25) is 15.9 Å². The first kappa shape index (κ1) is 21.8. The van der Waals surface area contributed by atoms with E-state index in [2.05, 4.69) is 5.32 Å². The highest BCUT2D eigenvalue weighted by Crippen LogP contribution is 2.19. The Morgan fingerprint density at radius 3 is 2.39 bits per heavy atom. The van der Waals surface area contributed by atoms with Gasteiger partial charge in [0.1, 0.15) is 18.9 Å². The maximum absolute atomic E-state index is 12.3. The summed E-state index contributed by atoms with van der Waals surface area (Å²) in [5.74, 6) is 0.401. The minimum absolute atomic E-state index is 0.270. The number of hydrogen-bond acceptors (Lipinski definition) is 4. The number of rotatable bonds is 9. The summed E-state index contributed by atoms with van der Waals surface area (Å²) in [5.41, 5.74) is 3.70. The van der Waals surface area contributed by atoms with Crippen molar-refractivity contribution in [1.29, 1.82) is 0 Å². The number of amides is 1. The third-order valence-corrected chi connectivity index (χ3v) is 5.49. The molecular formula is C21H28N2O4S. The molecule has 0 atom stereocenters. The normalized spacial score (nSPS) is 11.1. The lowest BCUT2D eigenvalue weighted by molar-refractivity contribution is -0.119. The number of ether oxygens (including phenoxy) is 1. The van der Waals surface area contributed by atoms with Crippen molar-refractivity contribution in [1.82, 2.24) is 5.32 Å². The van der Waals surface area contributed by atoms with Gasteiger partial charge in [-0.3, -0.25) is 9.10 Å². The van der Waals surface area contributed by atoms with Crippen molar-refractivity contribution in [2.24, 2.45) is 0 Å². The van der Waals surface area contributed by atoms with Gasteiger partial charge >= 0.3 is 0 Å². The number of sulfonamides is 1. The Balaban J connectivity index is 1.92. The maximum atomic E-state index is 12.3. The predicted molar refractivity (Wildman–Crippen MR) is 112 cm³/mol. The van der Waals surface area contributed by atoms with Crippen LogP contribution in [0.5, 0.6) is 5.75 Å². The number of hydrogen-bond donors (Lipinski definition) is 1. The Morgan fingerprint density at radius 2 is 1.79 bits per heavy atom. The fourth-order valence-electron chi connectivity index (χ4n) is 2.70. The van der Waals surface area contributed by atoms with E-state index in [1.54, 1.807) is 12.1 Å². The first-order chi connectivity index (χ1) is 13.2. The van der Waals surface area contributed by atoms with Crippen molar-refractivity contribution in [3.05, 3.63) is 59.2 Å². The second kappa shape index (κ2) is 9.59. The second-order valence-corrected chi connectivity index (χ2v) is 8.66. The van der Waals surface area contributed by atoms with E-state index in [4.69, 9.17) is 4.74 Å². The average Bonchev–Trinajstić information content (AvgIpc) is 2.65. The molecule has 0 aromatic heterocycles. The van der Waals surface area contributed by atoms with Gasteiger partial charge in [-0.05, 0) is 55.2 Å². The SMILES string of the molecule is CCc1ccc(N(CC(=O)NCCOc2cc(C)ccc2C)S(C)(=O)=O)cc1. The average molecular weight is 405 g/mol. The quantitative estimate of drug-likeness (QED) is 0.652. The molecule has 0 aliphatic rings. The Morgan fingerprint density at radius 1 is 1.11 bits per heavy atom. The van der Waals surface area contributed by atoms with Crippen LogP contribution >= 0.6 is 0 Å². The van der Waals surface area contributed by atoms with Crippen LogP contribution in [0.3, 0.4) is 0 Å². The number of aryl methyl sites for hydroxylation is 3. The van der Waals surface area contributed by atoms with Crippen LogP contribution in [-0.4, -0.2) is 40.3 Å². The van der Waals surface area contributed by atoms with E-state index < -0.39 is 10.0 Å². The van der Waals surface area contributed by atoms with Crippen LogP contribution in [-0.2, 0) is 21.2 Å². The molecule has 6 nitrogen and oxygen atoms in total. The van der Waals surface area contributed by atoms with Gasteiger partial charge in [-0.25, -0.2) is 8.42 Å². The first-order valence-corrected chi connectivity index (χ1v) is 11.1. The summed E-state index contributed by atoms with van der Waals surface area (Å²) < 4.78 is 31.1. The lowest BCUT2D eigenvalue weighted by atomic mass is 10.1.